The predicted molar refractivity (Wildman–Crippen MR) is 99.0 cm³/mol. The third kappa shape index (κ3) is 4.33. The van der Waals surface area contributed by atoms with Gasteiger partial charge in [0.15, 0.2) is 5.82 Å². The lowest BCUT2D eigenvalue weighted by Crippen LogP contribution is -2.27. The molecule has 2 aromatic rings. The molecule has 1 saturated heterocycles. The first-order valence-electron chi connectivity index (χ1n) is 8.42. The van der Waals surface area contributed by atoms with Crippen molar-refractivity contribution in [1.82, 2.24) is 25.5 Å². The molecule has 2 heterocycles. The van der Waals surface area contributed by atoms with E-state index in [0.717, 1.165) is 29.9 Å². The highest BCUT2D eigenvalue weighted by Crippen LogP contribution is 2.25. The normalized spacial score (nSPS) is 18.3. The fourth-order valence-corrected chi connectivity index (χ4v) is 3.28. The third-order valence-electron chi connectivity index (χ3n) is 4.23. The molecule has 7 heteroatoms. The van der Waals surface area contributed by atoms with Crippen molar-refractivity contribution in [3.63, 3.8) is 0 Å². The molecule has 1 aliphatic rings. The van der Waals surface area contributed by atoms with Crippen molar-refractivity contribution in [2.24, 2.45) is 5.92 Å². The van der Waals surface area contributed by atoms with E-state index in [1.807, 2.05) is 0 Å². The number of hydrogen-bond acceptors (Lipinski definition) is 5. The van der Waals surface area contributed by atoms with E-state index in [-0.39, 0.29) is 5.54 Å². The van der Waals surface area contributed by atoms with Gasteiger partial charge in [-0.3, -0.25) is 0 Å². The number of halogens is 1. The van der Waals surface area contributed by atoms with Gasteiger partial charge < -0.3 is 10.2 Å². The van der Waals surface area contributed by atoms with Gasteiger partial charge in [-0.1, -0.05) is 22.0 Å². The maximum Gasteiger partial charge on any atom is 0.188 e. The van der Waals surface area contributed by atoms with E-state index in [0.29, 0.717) is 12.5 Å². The Balaban J connectivity index is 1.46. The molecule has 0 bridgehead atoms. The van der Waals surface area contributed by atoms with Crippen LogP contribution in [0.1, 0.15) is 33.0 Å². The zero-order valence-electron chi connectivity index (χ0n) is 14.5. The van der Waals surface area contributed by atoms with Crippen LogP contribution in [0, 0.1) is 5.92 Å². The van der Waals surface area contributed by atoms with Crippen LogP contribution in [0.3, 0.4) is 0 Å². The van der Waals surface area contributed by atoms with Crippen LogP contribution >= 0.6 is 15.9 Å². The molecule has 1 fully saturated rings. The summed E-state index contributed by atoms with van der Waals surface area (Å²) in [6.07, 6.45) is 1.21. The molecule has 24 heavy (non-hydrogen) atoms. The Labute approximate surface area is 151 Å². The first-order chi connectivity index (χ1) is 11.4. The smallest absolute Gasteiger partial charge is 0.188 e. The Kier molecular flexibility index (Phi) is 5.20. The molecular formula is C17H25BrN6. The molecule has 1 aliphatic heterocycles. The topological polar surface area (TPSA) is 58.9 Å². The number of nitrogens with one attached hydrogen (secondary N) is 1. The van der Waals surface area contributed by atoms with Crippen LogP contribution in [0.5, 0.6) is 0 Å². The van der Waals surface area contributed by atoms with Crippen LogP contribution in [0.15, 0.2) is 28.7 Å². The van der Waals surface area contributed by atoms with Crippen molar-refractivity contribution >= 4 is 21.6 Å². The van der Waals surface area contributed by atoms with Crippen LogP contribution in [0.2, 0.25) is 0 Å². The van der Waals surface area contributed by atoms with Gasteiger partial charge in [-0.15, -0.1) is 10.2 Å². The fourth-order valence-electron chi connectivity index (χ4n) is 2.89. The van der Waals surface area contributed by atoms with E-state index in [1.165, 1.54) is 12.1 Å². The number of nitrogens with zero attached hydrogens (tertiary/aromatic N) is 5. The van der Waals surface area contributed by atoms with E-state index in [9.17, 15) is 0 Å². The predicted octanol–water partition coefficient (Wildman–Crippen LogP) is 2.81. The molecular weight excluding hydrogens is 368 g/mol. The molecule has 1 unspecified atom stereocenters. The van der Waals surface area contributed by atoms with Gasteiger partial charge in [0.1, 0.15) is 0 Å². The highest BCUT2D eigenvalue weighted by atomic mass is 79.9. The van der Waals surface area contributed by atoms with Crippen LogP contribution in [-0.4, -0.2) is 39.8 Å². The number of hydrogen-bond donors (Lipinski definition) is 1. The SMILES string of the molecule is CC(C)(C)n1nnc(CNCC2CCN(c3cccc(Br)c3)C2)n1. The zero-order valence-corrected chi connectivity index (χ0v) is 16.1. The summed E-state index contributed by atoms with van der Waals surface area (Å²) in [6.45, 7) is 10.1. The number of benzene rings is 1. The van der Waals surface area contributed by atoms with Crippen molar-refractivity contribution in [2.45, 2.75) is 39.3 Å². The first kappa shape index (κ1) is 17.4. The molecule has 6 nitrogen and oxygen atoms in total. The Hall–Kier alpha value is -1.47. The van der Waals surface area contributed by atoms with Gasteiger partial charge in [0.25, 0.3) is 0 Å². The molecule has 130 valence electrons. The van der Waals surface area contributed by atoms with Gasteiger partial charge in [-0.05, 0) is 56.5 Å². The van der Waals surface area contributed by atoms with E-state index < -0.39 is 0 Å². The number of tetrazole rings is 1. The summed E-state index contributed by atoms with van der Waals surface area (Å²) in [5.74, 6) is 1.41. The number of aromatic nitrogens is 4. The quantitative estimate of drug-likeness (QED) is 0.847. The van der Waals surface area contributed by atoms with E-state index >= 15 is 0 Å². The van der Waals surface area contributed by atoms with Gasteiger partial charge in [0.2, 0.25) is 0 Å². The summed E-state index contributed by atoms with van der Waals surface area (Å²) in [7, 11) is 0. The van der Waals surface area contributed by atoms with E-state index in [1.54, 1.807) is 4.80 Å². The van der Waals surface area contributed by atoms with Gasteiger partial charge >= 0.3 is 0 Å². The Morgan fingerprint density at radius 3 is 2.88 bits per heavy atom. The molecule has 0 radical (unpaired) electrons. The van der Waals surface area contributed by atoms with Crippen LogP contribution in [0.25, 0.3) is 0 Å². The minimum atomic E-state index is -0.124. The number of rotatable bonds is 5. The zero-order chi connectivity index (χ0) is 17.2. The second kappa shape index (κ2) is 7.19. The second-order valence-electron chi connectivity index (χ2n) is 7.38. The van der Waals surface area contributed by atoms with Gasteiger partial charge in [0.05, 0.1) is 12.1 Å². The molecule has 0 aliphatic carbocycles. The molecule has 1 aromatic heterocycles. The average Bonchev–Trinajstić information content (AvgIpc) is 3.16. The molecule has 1 N–H and O–H groups in total. The molecule has 1 atom stereocenters. The molecule has 0 amide bonds. The maximum atomic E-state index is 4.43. The van der Waals surface area contributed by atoms with E-state index in [4.69, 9.17) is 0 Å². The maximum absolute atomic E-state index is 4.43. The highest BCUT2D eigenvalue weighted by molar-refractivity contribution is 9.10. The van der Waals surface area contributed by atoms with Crippen molar-refractivity contribution < 1.29 is 0 Å². The van der Waals surface area contributed by atoms with Crippen molar-refractivity contribution in [3.05, 3.63) is 34.6 Å². The van der Waals surface area contributed by atoms with Crippen molar-refractivity contribution in [1.29, 1.82) is 0 Å². The van der Waals surface area contributed by atoms with Gasteiger partial charge in [0, 0.05) is 29.8 Å². The molecule has 0 saturated carbocycles. The Morgan fingerprint density at radius 1 is 1.33 bits per heavy atom. The number of anilines is 1. The highest BCUT2D eigenvalue weighted by Gasteiger charge is 2.23. The molecule has 1 aromatic carbocycles. The summed E-state index contributed by atoms with van der Waals surface area (Å²) in [4.78, 5) is 4.12. The first-order valence-corrected chi connectivity index (χ1v) is 9.22. The lowest BCUT2D eigenvalue weighted by atomic mass is 10.1. The summed E-state index contributed by atoms with van der Waals surface area (Å²) in [5, 5.41) is 16.2. The Bertz CT molecular complexity index is 678. The summed E-state index contributed by atoms with van der Waals surface area (Å²) < 4.78 is 1.13. The lowest BCUT2D eigenvalue weighted by Gasteiger charge is -2.19. The van der Waals surface area contributed by atoms with Gasteiger partial charge in [-0.2, -0.15) is 4.80 Å². The summed E-state index contributed by atoms with van der Waals surface area (Å²) >= 11 is 3.55. The largest absolute Gasteiger partial charge is 0.371 e. The van der Waals surface area contributed by atoms with Crippen LogP contribution in [0.4, 0.5) is 5.69 Å². The molecule has 0 spiro atoms. The van der Waals surface area contributed by atoms with Gasteiger partial charge in [-0.25, -0.2) is 0 Å². The van der Waals surface area contributed by atoms with Crippen LogP contribution < -0.4 is 10.2 Å². The standard InChI is InChI=1S/C17H25BrN6/c1-17(2,3)24-21-16(20-22-24)11-19-10-13-7-8-23(12-13)15-6-4-5-14(18)9-15/h4-6,9,13,19H,7-8,10-12H2,1-3H3. The summed E-state index contributed by atoms with van der Waals surface area (Å²) in [6, 6.07) is 8.52. The minimum absolute atomic E-state index is 0.124. The van der Waals surface area contributed by atoms with Crippen LogP contribution in [-0.2, 0) is 12.1 Å². The monoisotopic (exact) mass is 392 g/mol. The van der Waals surface area contributed by atoms with Crippen molar-refractivity contribution in [3.8, 4) is 0 Å². The third-order valence-corrected chi connectivity index (χ3v) is 4.72. The summed E-state index contributed by atoms with van der Waals surface area (Å²) in [5.41, 5.74) is 1.17. The fraction of sp³-hybridized carbons (Fsp3) is 0.588. The van der Waals surface area contributed by atoms with Crippen molar-refractivity contribution in [2.75, 3.05) is 24.5 Å². The molecule has 3 rings (SSSR count). The second-order valence-corrected chi connectivity index (χ2v) is 8.29. The van der Waals surface area contributed by atoms with E-state index in [2.05, 4.69) is 86.6 Å². The average molecular weight is 393 g/mol. The lowest BCUT2D eigenvalue weighted by molar-refractivity contribution is 0.305. The Morgan fingerprint density at radius 2 is 2.17 bits per heavy atom. The minimum Gasteiger partial charge on any atom is -0.371 e.